The molecule has 0 fully saturated rings. The second kappa shape index (κ2) is 6.38. The van der Waals surface area contributed by atoms with E-state index >= 15 is 0 Å². The Morgan fingerprint density at radius 3 is 1.94 bits per heavy atom. The van der Waals surface area contributed by atoms with Crippen molar-refractivity contribution < 1.29 is 4.18 Å². The first-order valence-corrected chi connectivity index (χ1v) is 12.3. The quantitative estimate of drug-likeness (QED) is 0.264. The molecule has 0 N–H and O–H groups in total. The third kappa shape index (κ3) is 2.15. The Morgan fingerprint density at radius 1 is 0.656 bits per heavy atom. The summed E-state index contributed by atoms with van der Waals surface area (Å²) in [4.78, 5) is 7.49. The van der Waals surface area contributed by atoms with Crippen LogP contribution in [0.15, 0.2) is 118 Å². The maximum Gasteiger partial charge on any atom is 0.161 e. The number of benzene rings is 4. The van der Waals surface area contributed by atoms with Crippen LogP contribution in [0, 0.1) is 6.92 Å². The summed E-state index contributed by atoms with van der Waals surface area (Å²) in [5, 5.41) is 4.72. The van der Waals surface area contributed by atoms with E-state index in [2.05, 4.69) is 114 Å². The van der Waals surface area contributed by atoms with E-state index in [1.165, 1.54) is 25.9 Å². The number of aromatic nitrogens is 2. The molecule has 7 rings (SSSR count). The van der Waals surface area contributed by atoms with Crippen molar-refractivity contribution in [3.8, 4) is 5.75 Å². The molecule has 0 atom stereocenters. The van der Waals surface area contributed by atoms with Gasteiger partial charge in [0.25, 0.3) is 0 Å². The van der Waals surface area contributed by atoms with Gasteiger partial charge in [-0.15, -0.1) is 0 Å². The van der Waals surface area contributed by atoms with E-state index in [9.17, 15) is 0 Å². The van der Waals surface area contributed by atoms with Crippen LogP contribution in [0.25, 0.3) is 27.3 Å². The number of fused-ring (bicyclic) bond motifs is 3. The average molecular weight is 433 g/mol. The Bertz CT molecular complexity index is 1620. The number of para-hydroxylation sites is 1. The highest BCUT2D eigenvalue weighted by Gasteiger charge is 2.42. The normalized spacial score (nSPS) is 15.3. The number of rotatable bonds is 2. The smallest absolute Gasteiger partial charge is 0.161 e. The van der Waals surface area contributed by atoms with E-state index in [0.717, 1.165) is 27.6 Å². The number of hydrogen-bond acceptors (Lipinski definition) is 2. The summed E-state index contributed by atoms with van der Waals surface area (Å²) in [6.07, 6.45) is 0. The zero-order chi connectivity index (χ0) is 21.3. The molecular weight excluding hydrogens is 412 g/mol. The van der Waals surface area contributed by atoms with Crippen molar-refractivity contribution in [3.05, 3.63) is 109 Å². The Labute approximate surface area is 187 Å². The van der Waals surface area contributed by atoms with Gasteiger partial charge in [-0.1, -0.05) is 72.8 Å². The van der Waals surface area contributed by atoms with Crippen molar-refractivity contribution in [2.75, 3.05) is 0 Å². The molecule has 0 saturated heterocycles. The van der Waals surface area contributed by atoms with Crippen LogP contribution in [0.1, 0.15) is 5.69 Å². The van der Waals surface area contributed by atoms with Gasteiger partial charge in [-0.05, 0) is 42.6 Å². The summed E-state index contributed by atoms with van der Waals surface area (Å²) in [5.41, 5.74) is 3.12. The fraction of sp³-hybridized carbons (Fsp3) is 0.0357. The average Bonchev–Trinajstić information content (AvgIpc) is 3.22. The molecule has 1 aliphatic heterocycles. The second-order valence-corrected chi connectivity index (χ2v) is 10.7. The van der Waals surface area contributed by atoms with Crippen LogP contribution < -0.4 is 4.18 Å². The van der Waals surface area contributed by atoms with Gasteiger partial charge in [0.1, 0.15) is 10.7 Å². The molecule has 4 heteroatoms. The minimum absolute atomic E-state index is 0.908. The van der Waals surface area contributed by atoms with Crippen molar-refractivity contribution in [1.29, 1.82) is 0 Å². The molecule has 154 valence electrons. The van der Waals surface area contributed by atoms with Gasteiger partial charge in [-0.2, -0.15) is 0 Å². The van der Waals surface area contributed by atoms with Gasteiger partial charge in [-0.25, -0.2) is 4.98 Å². The predicted octanol–water partition coefficient (Wildman–Crippen LogP) is 7.54. The summed E-state index contributed by atoms with van der Waals surface area (Å²) in [5.74, 6) is 0.908. The molecule has 3 nitrogen and oxygen atoms in total. The monoisotopic (exact) mass is 432 g/mol. The Balaban J connectivity index is 1.76. The first-order valence-electron chi connectivity index (χ1n) is 10.7. The highest BCUT2D eigenvalue weighted by atomic mass is 32.3. The summed E-state index contributed by atoms with van der Waals surface area (Å²) in [6, 6.07) is 36.2. The molecule has 2 aromatic heterocycles. The second-order valence-electron chi connectivity index (χ2n) is 8.12. The molecule has 0 unspecified atom stereocenters. The lowest BCUT2D eigenvalue weighted by Crippen LogP contribution is -2.18. The number of nitrogens with zero attached hydrogens (tertiary/aromatic N) is 2. The molecule has 0 radical (unpaired) electrons. The molecule has 1 aliphatic rings. The van der Waals surface area contributed by atoms with E-state index in [0.29, 0.717) is 0 Å². The summed E-state index contributed by atoms with van der Waals surface area (Å²) < 4.78 is 9.54. The molecule has 4 aromatic carbocycles. The van der Waals surface area contributed by atoms with E-state index in [1.807, 2.05) is 0 Å². The zero-order valence-electron chi connectivity index (χ0n) is 17.5. The Hall–Kier alpha value is -3.76. The molecule has 6 aromatic rings. The van der Waals surface area contributed by atoms with Crippen molar-refractivity contribution in [2.24, 2.45) is 0 Å². The maximum atomic E-state index is 7.16. The van der Waals surface area contributed by atoms with Gasteiger partial charge in [-0.3, -0.25) is 4.40 Å². The van der Waals surface area contributed by atoms with Crippen LogP contribution in [0.4, 0.5) is 0 Å². The van der Waals surface area contributed by atoms with Gasteiger partial charge in [0.2, 0.25) is 0 Å². The van der Waals surface area contributed by atoms with Gasteiger partial charge in [0.05, 0.1) is 11.2 Å². The molecule has 32 heavy (non-hydrogen) atoms. The molecule has 3 heterocycles. The molecule has 0 amide bonds. The minimum Gasteiger partial charge on any atom is -0.432 e. The predicted molar refractivity (Wildman–Crippen MR) is 131 cm³/mol. The van der Waals surface area contributed by atoms with Crippen LogP contribution in [-0.2, 0) is 0 Å². The largest absolute Gasteiger partial charge is 0.432 e. The molecule has 0 saturated carbocycles. The SMILES string of the molecule is Cc1nc2c3ccccc3c3cccc4c3n2c1S(c1ccccc1)(c1ccccc1)O4. The highest BCUT2D eigenvalue weighted by molar-refractivity contribution is 8.30. The van der Waals surface area contributed by atoms with Crippen LogP contribution in [0.5, 0.6) is 5.75 Å². The van der Waals surface area contributed by atoms with Gasteiger partial charge in [0, 0.05) is 30.9 Å². The standard InChI is InChI=1S/C28H20N2OS/c1-19-28-30-26-23(22-15-8-9-16-24(22)27(30)29-19)17-10-18-25(26)31-32(28,20-11-4-2-5-12-20)21-13-6-3-7-14-21/h2-18H,1H3. The summed E-state index contributed by atoms with van der Waals surface area (Å²) in [6.45, 7) is 2.12. The Morgan fingerprint density at radius 2 is 1.25 bits per heavy atom. The van der Waals surface area contributed by atoms with Crippen LogP contribution in [0.3, 0.4) is 0 Å². The van der Waals surface area contributed by atoms with E-state index in [1.54, 1.807) is 0 Å². The Kier molecular flexibility index (Phi) is 3.56. The number of imidazole rings is 1. The van der Waals surface area contributed by atoms with Gasteiger partial charge >= 0.3 is 0 Å². The van der Waals surface area contributed by atoms with Crippen molar-refractivity contribution in [2.45, 2.75) is 21.7 Å². The maximum absolute atomic E-state index is 7.16. The van der Waals surface area contributed by atoms with E-state index in [-0.39, 0.29) is 0 Å². The molecular formula is C28H20N2OS. The van der Waals surface area contributed by atoms with E-state index < -0.39 is 10.3 Å². The molecule has 0 aliphatic carbocycles. The number of aryl methyl sites for hydroxylation is 1. The lowest BCUT2D eigenvalue weighted by Gasteiger charge is -2.43. The lowest BCUT2D eigenvalue weighted by molar-refractivity contribution is 0.599. The fourth-order valence-electron chi connectivity index (χ4n) is 5.04. The van der Waals surface area contributed by atoms with Crippen molar-refractivity contribution >= 4 is 37.6 Å². The lowest BCUT2D eigenvalue weighted by atomic mass is 10.1. The first kappa shape index (κ1) is 17.9. The van der Waals surface area contributed by atoms with E-state index in [4.69, 9.17) is 9.17 Å². The van der Waals surface area contributed by atoms with Crippen molar-refractivity contribution in [3.63, 3.8) is 0 Å². The van der Waals surface area contributed by atoms with Crippen molar-refractivity contribution in [1.82, 2.24) is 9.38 Å². The zero-order valence-corrected chi connectivity index (χ0v) is 18.3. The molecule has 0 bridgehead atoms. The summed E-state index contributed by atoms with van der Waals surface area (Å²) >= 11 is 0. The topological polar surface area (TPSA) is 26.5 Å². The fourth-order valence-corrected chi connectivity index (χ4v) is 8.42. The number of hydrogen-bond donors (Lipinski definition) is 0. The summed E-state index contributed by atoms with van der Waals surface area (Å²) in [7, 11) is -2.02. The molecule has 0 spiro atoms. The highest BCUT2D eigenvalue weighted by Crippen LogP contribution is 2.71. The number of pyridine rings is 1. The third-order valence-electron chi connectivity index (χ3n) is 6.32. The first-order chi connectivity index (χ1) is 15.8. The van der Waals surface area contributed by atoms with Crippen LogP contribution >= 0.6 is 10.3 Å². The van der Waals surface area contributed by atoms with Crippen LogP contribution in [0.2, 0.25) is 0 Å². The van der Waals surface area contributed by atoms with Gasteiger partial charge in [0.15, 0.2) is 5.75 Å². The van der Waals surface area contributed by atoms with Crippen LogP contribution in [-0.4, -0.2) is 9.38 Å². The minimum atomic E-state index is -2.02. The third-order valence-corrected chi connectivity index (χ3v) is 9.64. The van der Waals surface area contributed by atoms with Gasteiger partial charge < -0.3 is 4.18 Å².